The normalized spacial score (nSPS) is 11.0. The fraction of sp³-hybridized carbons (Fsp3) is 0.130. The average Bonchev–Trinajstić information content (AvgIpc) is 2.75. The van der Waals surface area contributed by atoms with E-state index in [1.807, 2.05) is 19.1 Å². The number of carbonyl (C=O) groups excluding carboxylic acids is 2. The fourth-order valence-corrected chi connectivity index (χ4v) is 2.84. The molecule has 0 heterocycles. The van der Waals surface area contributed by atoms with Gasteiger partial charge in [-0.05, 0) is 61.5 Å². The maximum atomic E-state index is 12.8. The van der Waals surface area contributed by atoms with E-state index in [4.69, 9.17) is 16.3 Å². The van der Waals surface area contributed by atoms with Gasteiger partial charge in [-0.3, -0.25) is 9.59 Å². The minimum atomic E-state index is -4.56. The Morgan fingerprint density at radius 2 is 1.59 bits per heavy atom. The van der Waals surface area contributed by atoms with E-state index in [-0.39, 0.29) is 16.6 Å². The topological polar surface area (TPSA) is 67.4 Å². The molecule has 5 nitrogen and oxygen atoms in total. The van der Waals surface area contributed by atoms with Crippen LogP contribution in [0.4, 0.5) is 24.5 Å². The maximum Gasteiger partial charge on any atom is 0.416 e. The van der Waals surface area contributed by atoms with Crippen LogP contribution in [0.5, 0.6) is 5.75 Å². The molecule has 0 aromatic heterocycles. The molecule has 166 valence electrons. The summed E-state index contributed by atoms with van der Waals surface area (Å²) in [6.07, 6.45) is -4.56. The number of nitrogens with one attached hydrogen (secondary N) is 2. The van der Waals surface area contributed by atoms with Gasteiger partial charge in [0.2, 0.25) is 0 Å². The highest BCUT2D eigenvalue weighted by molar-refractivity contribution is 6.33. The van der Waals surface area contributed by atoms with Crippen molar-refractivity contribution in [1.29, 1.82) is 0 Å². The van der Waals surface area contributed by atoms with Gasteiger partial charge in [-0.1, -0.05) is 29.3 Å². The van der Waals surface area contributed by atoms with Gasteiger partial charge in [-0.25, -0.2) is 0 Å². The smallest absolute Gasteiger partial charge is 0.416 e. The Morgan fingerprint density at radius 3 is 2.22 bits per heavy atom. The number of halogens is 4. The number of hydrogen-bond acceptors (Lipinski definition) is 3. The SMILES string of the molecule is Cc1ccc(NC(=O)c2ccc(OCC(=O)Nc3cc(C(F)(F)F)ccc3Cl)cc2)cc1. The molecule has 0 bridgehead atoms. The average molecular weight is 463 g/mol. The van der Waals surface area contributed by atoms with Gasteiger partial charge < -0.3 is 15.4 Å². The summed E-state index contributed by atoms with van der Waals surface area (Å²) in [5.41, 5.74) is 1.02. The molecule has 0 aliphatic heterocycles. The molecule has 3 aromatic carbocycles. The van der Waals surface area contributed by atoms with Crippen molar-refractivity contribution < 1.29 is 27.5 Å². The predicted molar refractivity (Wildman–Crippen MR) is 116 cm³/mol. The van der Waals surface area contributed by atoms with Gasteiger partial charge >= 0.3 is 6.18 Å². The van der Waals surface area contributed by atoms with E-state index in [1.54, 1.807) is 12.1 Å². The summed E-state index contributed by atoms with van der Waals surface area (Å²) in [5.74, 6) is -0.688. The Hall–Kier alpha value is -3.52. The quantitative estimate of drug-likeness (QED) is 0.476. The first-order chi connectivity index (χ1) is 15.1. The number of anilines is 2. The number of amides is 2. The molecule has 0 spiro atoms. The molecule has 0 aliphatic rings. The van der Waals surface area contributed by atoms with E-state index < -0.39 is 24.3 Å². The van der Waals surface area contributed by atoms with Gasteiger partial charge in [-0.2, -0.15) is 13.2 Å². The first-order valence-electron chi connectivity index (χ1n) is 9.39. The van der Waals surface area contributed by atoms with Crippen LogP contribution in [0, 0.1) is 6.92 Å². The summed E-state index contributed by atoms with van der Waals surface area (Å²) >= 11 is 5.86. The molecule has 0 saturated carbocycles. The Morgan fingerprint density at radius 1 is 0.938 bits per heavy atom. The minimum absolute atomic E-state index is 0.0321. The lowest BCUT2D eigenvalue weighted by Crippen LogP contribution is -2.21. The first-order valence-corrected chi connectivity index (χ1v) is 9.77. The zero-order valence-electron chi connectivity index (χ0n) is 16.8. The molecule has 9 heteroatoms. The zero-order valence-corrected chi connectivity index (χ0v) is 17.6. The predicted octanol–water partition coefficient (Wildman–Crippen LogP) is 5.94. The standard InChI is InChI=1S/C23H18ClF3N2O3/c1-14-2-7-17(8-3-14)28-22(31)15-4-9-18(10-5-15)32-13-21(30)29-20-12-16(23(25,26)27)6-11-19(20)24/h2-12H,13H2,1H3,(H,28,31)(H,29,30). The van der Waals surface area contributed by atoms with Gasteiger partial charge in [-0.15, -0.1) is 0 Å². The molecule has 0 fully saturated rings. The number of ether oxygens (including phenoxy) is 1. The molecule has 2 N–H and O–H groups in total. The van der Waals surface area contributed by atoms with Crippen LogP contribution in [-0.4, -0.2) is 18.4 Å². The highest BCUT2D eigenvalue weighted by atomic mass is 35.5. The molecule has 3 rings (SSSR count). The number of alkyl halides is 3. The van der Waals surface area contributed by atoms with Crippen molar-refractivity contribution in [3.63, 3.8) is 0 Å². The van der Waals surface area contributed by atoms with Crippen LogP contribution >= 0.6 is 11.6 Å². The molecule has 0 radical (unpaired) electrons. The van der Waals surface area contributed by atoms with Crippen molar-refractivity contribution in [3.8, 4) is 5.75 Å². The van der Waals surface area contributed by atoms with Gasteiger partial charge in [0.15, 0.2) is 6.61 Å². The Labute approximate surface area is 187 Å². The van der Waals surface area contributed by atoms with E-state index >= 15 is 0 Å². The molecule has 2 amide bonds. The molecule has 32 heavy (non-hydrogen) atoms. The lowest BCUT2D eigenvalue weighted by atomic mass is 10.2. The van der Waals surface area contributed by atoms with Crippen LogP contribution in [0.15, 0.2) is 66.7 Å². The summed E-state index contributed by atoms with van der Waals surface area (Å²) in [7, 11) is 0. The van der Waals surface area contributed by atoms with E-state index in [1.165, 1.54) is 24.3 Å². The Balaban J connectivity index is 1.55. The molecule has 3 aromatic rings. The molecular formula is C23H18ClF3N2O3. The second kappa shape index (κ2) is 9.74. The third kappa shape index (κ3) is 6.24. The van der Waals surface area contributed by atoms with Crippen LogP contribution in [0.1, 0.15) is 21.5 Å². The lowest BCUT2D eigenvalue weighted by molar-refractivity contribution is -0.137. The van der Waals surface area contributed by atoms with Gasteiger partial charge in [0.05, 0.1) is 16.3 Å². The van der Waals surface area contributed by atoms with Crippen molar-refractivity contribution in [2.45, 2.75) is 13.1 Å². The Kier molecular flexibility index (Phi) is 7.05. The maximum absolute atomic E-state index is 12.8. The second-order valence-corrected chi connectivity index (χ2v) is 7.28. The number of hydrogen-bond donors (Lipinski definition) is 2. The third-order valence-electron chi connectivity index (χ3n) is 4.36. The number of benzene rings is 3. The van der Waals surface area contributed by atoms with Crippen LogP contribution in [0.3, 0.4) is 0 Å². The van der Waals surface area contributed by atoms with Crippen molar-refractivity contribution >= 4 is 34.8 Å². The second-order valence-electron chi connectivity index (χ2n) is 6.87. The molecule has 0 saturated heterocycles. The Bertz CT molecular complexity index is 1110. The number of aryl methyl sites for hydroxylation is 1. The molecule has 0 atom stereocenters. The van der Waals surface area contributed by atoms with E-state index in [0.29, 0.717) is 17.0 Å². The summed E-state index contributed by atoms with van der Waals surface area (Å²) < 4.78 is 43.8. The number of carbonyl (C=O) groups is 2. The van der Waals surface area contributed by atoms with Crippen molar-refractivity contribution in [3.05, 3.63) is 88.4 Å². The minimum Gasteiger partial charge on any atom is -0.484 e. The lowest BCUT2D eigenvalue weighted by Gasteiger charge is -2.12. The highest BCUT2D eigenvalue weighted by Crippen LogP contribution is 2.33. The third-order valence-corrected chi connectivity index (χ3v) is 4.69. The summed E-state index contributed by atoms with van der Waals surface area (Å²) in [6.45, 7) is 1.49. The van der Waals surface area contributed by atoms with Crippen LogP contribution in [0.25, 0.3) is 0 Å². The van der Waals surface area contributed by atoms with Gasteiger partial charge in [0.25, 0.3) is 11.8 Å². The van der Waals surface area contributed by atoms with Crippen molar-refractivity contribution in [2.24, 2.45) is 0 Å². The summed E-state index contributed by atoms with van der Waals surface area (Å²) in [5, 5.41) is 5.03. The fourth-order valence-electron chi connectivity index (χ4n) is 2.68. The monoisotopic (exact) mass is 462 g/mol. The number of rotatable bonds is 6. The molecular weight excluding hydrogens is 445 g/mol. The largest absolute Gasteiger partial charge is 0.484 e. The van der Waals surface area contributed by atoms with Crippen LogP contribution < -0.4 is 15.4 Å². The first kappa shape index (κ1) is 23.1. The summed E-state index contributed by atoms with van der Waals surface area (Å²) in [6, 6.07) is 16.0. The summed E-state index contributed by atoms with van der Waals surface area (Å²) in [4.78, 5) is 24.4. The van der Waals surface area contributed by atoms with Gasteiger partial charge in [0, 0.05) is 11.3 Å². The van der Waals surface area contributed by atoms with Crippen LogP contribution in [-0.2, 0) is 11.0 Å². The highest BCUT2D eigenvalue weighted by Gasteiger charge is 2.31. The van der Waals surface area contributed by atoms with E-state index in [0.717, 1.165) is 23.8 Å². The van der Waals surface area contributed by atoms with Crippen LogP contribution in [0.2, 0.25) is 5.02 Å². The zero-order chi connectivity index (χ0) is 23.3. The molecule has 0 unspecified atom stereocenters. The van der Waals surface area contributed by atoms with E-state index in [2.05, 4.69) is 10.6 Å². The van der Waals surface area contributed by atoms with Crippen molar-refractivity contribution in [1.82, 2.24) is 0 Å². The molecule has 0 aliphatic carbocycles. The van der Waals surface area contributed by atoms with Gasteiger partial charge in [0.1, 0.15) is 5.75 Å². The van der Waals surface area contributed by atoms with Crippen molar-refractivity contribution in [2.75, 3.05) is 17.2 Å². The van der Waals surface area contributed by atoms with E-state index in [9.17, 15) is 22.8 Å².